The Morgan fingerprint density at radius 1 is 0.500 bits per heavy atom. The maximum Gasteiger partial charge on any atom is 0.249 e. The summed E-state index contributed by atoms with van der Waals surface area (Å²) < 4.78 is 0. The Kier molecular flexibility index (Phi) is 36.8. The van der Waals surface area contributed by atoms with Crippen LogP contribution in [0.4, 0.5) is 0 Å². The lowest BCUT2D eigenvalue weighted by molar-refractivity contribution is -0.131. The fourth-order valence-electron chi connectivity index (χ4n) is 5.86. The maximum absolute atomic E-state index is 12.4. The molecule has 0 radical (unpaired) electrons. The average Bonchev–Trinajstić information content (AvgIpc) is 3.09. The van der Waals surface area contributed by atoms with E-state index in [-0.39, 0.29) is 6.61 Å². The van der Waals surface area contributed by atoms with Crippen LogP contribution in [0, 0.1) is 0 Å². The molecule has 0 aromatic rings. The first-order valence-corrected chi connectivity index (χ1v) is 20.5. The molecule has 0 fully saturated rings. The van der Waals surface area contributed by atoms with E-state index in [4.69, 9.17) is 0 Å². The number of carbonyl (C=O) groups excluding carboxylic acids is 1. The van der Waals surface area contributed by atoms with Crippen LogP contribution in [0.25, 0.3) is 0 Å². The van der Waals surface area contributed by atoms with E-state index in [1.165, 1.54) is 122 Å². The van der Waals surface area contributed by atoms with E-state index in [9.17, 15) is 20.1 Å². The first-order chi connectivity index (χ1) is 23.6. The van der Waals surface area contributed by atoms with Gasteiger partial charge in [-0.25, -0.2) is 0 Å². The second-order valence-corrected chi connectivity index (χ2v) is 13.8. The van der Waals surface area contributed by atoms with Crippen LogP contribution in [-0.4, -0.2) is 46.1 Å². The number of unbranched alkanes of at least 4 members (excludes halogenated alkanes) is 22. The van der Waals surface area contributed by atoms with E-state index in [0.717, 1.165) is 51.4 Å². The predicted molar refractivity (Wildman–Crippen MR) is 208 cm³/mol. The van der Waals surface area contributed by atoms with Crippen LogP contribution in [0.15, 0.2) is 48.6 Å². The van der Waals surface area contributed by atoms with Crippen molar-refractivity contribution in [2.45, 2.75) is 212 Å². The second kappa shape index (κ2) is 38.1. The first-order valence-electron chi connectivity index (χ1n) is 20.5. The lowest BCUT2D eigenvalue weighted by Gasteiger charge is -2.21. The molecule has 0 spiro atoms. The third kappa shape index (κ3) is 32.8. The van der Waals surface area contributed by atoms with Crippen molar-refractivity contribution in [3.63, 3.8) is 0 Å². The van der Waals surface area contributed by atoms with Gasteiger partial charge in [0.15, 0.2) is 0 Å². The summed E-state index contributed by atoms with van der Waals surface area (Å²) in [6, 6.07) is -0.823. The summed E-state index contributed by atoms with van der Waals surface area (Å²) in [7, 11) is 0. The minimum Gasteiger partial charge on any atom is -0.394 e. The number of nitrogens with one attached hydrogen (secondary N) is 1. The molecular weight excluding hydrogens is 594 g/mol. The molecule has 0 aliphatic heterocycles. The zero-order valence-corrected chi connectivity index (χ0v) is 31.6. The Bertz CT molecular complexity index is 790. The van der Waals surface area contributed by atoms with Gasteiger partial charge in [0, 0.05) is 0 Å². The number of allylic oxidation sites excluding steroid dienone is 7. The molecule has 0 aromatic carbocycles. The Labute approximate surface area is 297 Å². The Balaban J connectivity index is 3.80. The highest BCUT2D eigenvalue weighted by Crippen LogP contribution is 2.13. The molecule has 0 saturated carbocycles. The van der Waals surface area contributed by atoms with Gasteiger partial charge in [-0.3, -0.25) is 4.79 Å². The van der Waals surface area contributed by atoms with E-state index in [1.807, 2.05) is 6.08 Å². The molecule has 0 rings (SSSR count). The molecule has 48 heavy (non-hydrogen) atoms. The molecule has 0 aliphatic carbocycles. The Morgan fingerprint density at radius 3 is 1.29 bits per heavy atom. The third-order valence-corrected chi connectivity index (χ3v) is 9.12. The zero-order chi connectivity index (χ0) is 35.2. The summed E-state index contributed by atoms with van der Waals surface area (Å²) in [6.45, 7) is 4.13. The van der Waals surface area contributed by atoms with Crippen molar-refractivity contribution < 1.29 is 20.1 Å². The summed E-state index contributed by atoms with van der Waals surface area (Å²) in [5, 5.41) is 33.0. The summed E-state index contributed by atoms with van der Waals surface area (Å²) in [5.74, 6) is -0.525. The molecule has 3 atom stereocenters. The average molecular weight is 674 g/mol. The van der Waals surface area contributed by atoms with E-state index >= 15 is 0 Å². The van der Waals surface area contributed by atoms with Gasteiger partial charge in [-0.2, -0.15) is 0 Å². The van der Waals surface area contributed by atoms with Crippen molar-refractivity contribution in [2.24, 2.45) is 0 Å². The van der Waals surface area contributed by atoms with Gasteiger partial charge in [0.05, 0.1) is 18.8 Å². The lowest BCUT2D eigenvalue weighted by Crippen LogP contribution is -2.48. The quantitative estimate of drug-likeness (QED) is 0.0393. The number of hydrogen-bond acceptors (Lipinski definition) is 4. The fraction of sp³-hybridized carbons (Fsp3) is 0.791. The summed E-state index contributed by atoms with van der Waals surface area (Å²) >= 11 is 0. The van der Waals surface area contributed by atoms with Crippen LogP contribution >= 0.6 is 0 Å². The molecule has 5 heteroatoms. The first kappa shape index (κ1) is 46.3. The molecule has 0 heterocycles. The van der Waals surface area contributed by atoms with Crippen molar-refractivity contribution >= 4 is 5.91 Å². The van der Waals surface area contributed by atoms with Crippen molar-refractivity contribution in [1.82, 2.24) is 5.32 Å². The van der Waals surface area contributed by atoms with Gasteiger partial charge in [0.1, 0.15) is 6.10 Å². The number of carbonyl (C=O) groups is 1. The van der Waals surface area contributed by atoms with Crippen LogP contribution in [-0.2, 0) is 4.79 Å². The van der Waals surface area contributed by atoms with Crippen molar-refractivity contribution in [3.8, 4) is 0 Å². The lowest BCUT2D eigenvalue weighted by atomic mass is 10.0. The van der Waals surface area contributed by atoms with E-state index in [1.54, 1.807) is 6.08 Å². The maximum atomic E-state index is 12.4. The number of aliphatic hydroxyl groups excluding tert-OH is 3. The van der Waals surface area contributed by atoms with Gasteiger partial charge in [-0.05, 0) is 70.6 Å². The second-order valence-electron chi connectivity index (χ2n) is 13.8. The fourth-order valence-corrected chi connectivity index (χ4v) is 5.86. The van der Waals surface area contributed by atoms with E-state index in [2.05, 4.69) is 55.6 Å². The summed E-state index contributed by atoms with van der Waals surface area (Å²) in [4.78, 5) is 12.4. The Hall–Kier alpha value is -1.69. The standard InChI is InChI=1S/C43H79NO4/c1-3-5-7-9-11-13-15-17-19-20-21-22-23-24-26-27-29-31-33-35-37-41(46)40(39-45)44-43(48)42(47)38-36-34-32-30-28-25-18-16-14-12-10-8-6-4-2/h14,16,22-23,27,29,35,37,40-42,45-47H,3-13,15,17-21,24-26,28,30-34,36,38-39H2,1-2H3,(H,44,48)/b16-14-,23-22+,29-27+,37-35+. The molecular formula is C43H79NO4. The van der Waals surface area contributed by atoms with Crippen LogP contribution in [0.2, 0.25) is 0 Å². The van der Waals surface area contributed by atoms with Crippen LogP contribution in [0.3, 0.4) is 0 Å². The molecule has 0 aromatic heterocycles. The molecule has 0 bridgehead atoms. The van der Waals surface area contributed by atoms with Gasteiger partial charge in [0.2, 0.25) is 5.91 Å². The van der Waals surface area contributed by atoms with Crippen molar-refractivity contribution in [3.05, 3.63) is 48.6 Å². The van der Waals surface area contributed by atoms with Crippen molar-refractivity contribution in [1.29, 1.82) is 0 Å². The molecule has 4 N–H and O–H groups in total. The highest BCUT2D eigenvalue weighted by atomic mass is 16.3. The normalized spacial score (nSPS) is 14.2. The number of amides is 1. The molecule has 0 saturated heterocycles. The van der Waals surface area contributed by atoms with Crippen molar-refractivity contribution in [2.75, 3.05) is 6.61 Å². The van der Waals surface area contributed by atoms with Gasteiger partial charge >= 0.3 is 0 Å². The summed E-state index contributed by atoms with van der Waals surface area (Å²) in [5.41, 5.74) is 0. The molecule has 0 aliphatic rings. The molecule has 1 amide bonds. The predicted octanol–water partition coefficient (Wildman–Crippen LogP) is 11.4. The van der Waals surface area contributed by atoms with E-state index < -0.39 is 24.2 Å². The minimum atomic E-state index is -1.11. The minimum absolute atomic E-state index is 0.384. The smallest absolute Gasteiger partial charge is 0.249 e. The molecule has 3 unspecified atom stereocenters. The summed E-state index contributed by atoms with van der Waals surface area (Å²) in [6.07, 6.45) is 48.5. The highest BCUT2D eigenvalue weighted by Gasteiger charge is 2.22. The number of aliphatic hydroxyl groups is 3. The SMILES string of the molecule is CCCCCC/C=C\CCCCCCCCC(O)C(=O)NC(CO)C(O)/C=C/CC/C=C/CC/C=C/CCCCCCCCCCCC. The monoisotopic (exact) mass is 674 g/mol. The molecule has 5 nitrogen and oxygen atoms in total. The van der Waals surface area contributed by atoms with Gasteiger partial charge < -0.3 is 20.6 Å². The topological polar surface area (TPSA) is 89.8 Å². The van der Waals surface area contributed by atoms with Gasteiger partial charge in [-0.15, -0.1) is 0 Å². The van der Waals surface area contributed by atoms with Crippen LogP contribution in [0.1, 0.15) is 194 Å². The largest absolute Gasteiger partial charge is 0.394 e. The van der Waals surface area contributed by atoms with Gasteiger partial charge in [-0.1, -0.05) is 172 Å². The highest BCUT2D eigenvalue weighted by molar-refractivity contribution is 5.80. The Morgan fingerprint density at radius 2 is 0.854 bits per heavy atom. The van der Waals surface area contributed by atoms with Crippen LogP contribution < -0.4 is 5.32 Å². The van der Waals surface area contributed by atoms with Crippen LogP contribution in [0.5, 0.6) is 0 Å². The zero-order valence-electron chi connectivity index (χ0n) is 31.6. The number of hydrogen-bond donors (Lipinski definition) is 4. The van der Waals surface area contributed by atoms with Gasteiger partial charge in [0.25, 0.3) is 0 Å². The number of rotatable bonds is 36. The van der Waals surface area contributed by atoms with E-state index in [0.29, 0.717) is 6.42 Å². The molecule has 280 valence electrons. The third-order valence-electron chi connectivity index (χ3n) is 9.12.